The van der Waals surface area contributed by atoms with Gasteiger partial charge in [0.05, 0.1) is 45.5 Å². The van der Waals surface area contributed by atoms with Crippen LogP contribution in [0, 0.1) is 5.92 Å². The molecule has 0 spiro atoms. The van der Waals surface area contributed by atoms with Gasteiger partial charge in [-0.2, -0.15) is 0 Å². The van der Waals surface area contributed by atoms with Crippen molar-refractivity contribution < 1.29 is 33.7 Å². The summed E-state index contributed by atoms with van der Waals surface area (Å²) in [5, 5.41) is 15.1. The zero-order valence-electron chi connectivity index (χ0n) is 23.2. The molecule has 2 aromatic rings. The first-order chi connectivity index (χ1) is 19.2. The molecule has 0 aromatic heterocycles. The van der Waals surface area contributed by atoms with Crippen LogP contribution in [0.2, 0.25) is 0 Å². The van der Waals surface area contributed by atoms with Gasteiger partial charge in [-0.05, 0) is 60.6 Å². The van der Waals surface area contributed by atoms with Crippen LogP contribution in [0.5, 0.6) is 17.2 Å². The third-order valence-electron chi connectivity index (χ3n) is 7.54. The van der Waals surface area contributed by atoms with Crippen molar-refractivity contribution in [2.75, 3.05) is 46.3 Å². The highest BCUT2D eigenvalue weighted by atomic mass is 16.5. The fourth-order valence-electron chi connectivity index (χ4n) is 5.51. The standard InChI is InChI=1S/C29H35N3O8/c1-16(33)31-21-7-5-18-13-24(38-2)27(39-3)28(40-4)26(18)19-6-8-22(23(34)14-20(19)21)30-15-25(35)32-11-9-17(10-12-32)29(36)37/h6,8,13-14,17,21H,5,7,9-12,15H2,1-4H3,(H,30,34)(H,31,33)(H,36,37). The highest BCUT2D eigenvalue weighted by Crippen LogP contribution is 2.50. The number of likely N-dealkylation sites (tertiary alicyclic amines) is 1. The highest BCUT2D eigenvalue weighted by molar-refractivity contribution is 5.84. The Morgan fingerprint density at radius 1 is 1.00 bits per heavy atom. The number of carbonyl (C=O) groups is 3. The van der Waals surface area contributed by atoms with E-state index in [2.05, 4.69) is 10.6 Å². The molecule has 11 nitrogen and oxygen atoms in total. The van der Waals surface area contributed by atoms with Crippen LogP contribution in [-0.2, 0) is 20.8 Å². The molecule has 2 amide bonds. The summed E-state index contributed by atoms with van der Waals surface area (Å²) in [6, 6.07) is 6.35. The largest absolute Gasteiger partial charge is 0.493 e. The van der Waals surface area contributed by atoms with Crippen molar-refractivity contribution in [1.29, 1.82) is 0 Å². The monoisotopic (exact) mass is 553 g/mol. The number of carboxylic acids is 1. The van der Waals surface area contributed by atoms with E-state index < -0.39 is 17.9 Å². The first-order valence-electron chi connectivity index (χ1n) is 13.2. The zero-order valence-corrected chi connectivity index (χ0v) is 23.2. The molecule has 40 heavy (non-hydrogen) atoms. The van der Waals surface area contributed by atoms with Gasteiger partial charge in [-0.15, -0.1) is 0 Å². The van der Waals surface area contributed by atoms with E-state index in [0.29, 0.717) is 67.1 Å². The molecule has 1 atom stereocenters. The Hall–Kier alpha value is -4.28. The summed E-state index contributed by atoms with van der Waals surface area (Å²) in [6.07, 6.45) is 1.93. The van der Waals surface area contributed by atoms with Crippen molar-refractivity contribution in [2.24, 2.45) is 5.92 Å². The quantitative estimate of drug-likeness (QED) is 0.449. The fraction of sp³-hybridized carbons (Fsp3) is 0.448. The molecule has 2 aliphatic rings. The Morgan fingerprint density at radius 2 is 1.70 bits per heavy atom. The van der Waals surface area contributed by atoms with E-state index >= 15 is 0 Å². The summed E-state index contributed by atoms with van der Waals surface area (Å²) >= 11 is 0. The van der Waals surface area contributed by atoms with Crippen LogP contribution in [0.4, 0.5) is 5.69 Å². The molecule has 1 aliphatic carbocycles. The van der Waals surface area contributed by atoms with Gasteiger partial charge in [-0.3, -0.25) is 19.2 Å². The second-order valence-corrected chi connectivity index (χ2v) is 9.94. The summed E-state index contributed by atoms with van der Waals surface area (Å²) in [7, 11) is 4.60. The van der Waals surface area contributed by atoms with Crippen LogP contribution in [-0.4, -0.2) is 68.8 Å². The van der Waals surface area contributed by atoms with E-state index in [0.717, 1.165) is 11.1 Å². The van der Waals surface area contributed by atoms with Crippen molar-refractivity contribution >= 4 is 23.5 Å². The molecular weight excluding hydrogens is 518 g/mol. The minimum Gasteiger partial charge on any atom is -0.493 e. The maximum Gasteiger partial charge on any atom is 0.306 e. The number of carboxylic acid groups (broad SMARTS) is 1. The van der Waals surface area contributed by atoms with Gasteiger partial charge in [-0.25, -0.2) is 0 Å². The number of hydrogen-bond donors (Lipinski definition) is 3. The number of nitrogens with one attached hydrogen (secondary N) is 2. The number of hydrogen-bond acceptors (Lipinski definition) is 8. The second kappa shape index (κ2) is 12.3. The summed E-state index contributed by atoms with van der Waals surface area (Å²) in [4.78, 5) is 51.1. The smallest absolute Gasteiger partial charge is 0.306 e. The molecule has 0 radical (unpaired) electrons. The number of piperidine rings is 1. The molecule has 0 saturated carbocycles. The number of rotatable bonds is 8. The number of benzene rings is 1. The molecule has 1 saturated heterocycles. The van der Waals surface area contributed by atoms with Crippen LogP contribution in [0.15, 0.2) is 29.1 Å². The van der Waals surface area contributed by atoms with Crippen LogP contribution >= 0.6 is 0 Å². The number of ether oxygens (including phenoxy) is 3. The second-order valence-electron chi connectivity index (χ2n) is 9.94. The zero-order chi connectivity index (χ0) is 29.0. The number of carbonyl (C=O) groups excluding carboxylic acids is 2. The normalized spacial score (nSPS) is 16.6. The maximum absolute atomic E-state index is 13.4. The molecule has 0 bridgehead atoms. The first kappa shape index (κ1) is 28.7. The number of fused-ring (bicyclic) bond motifs is 3. The van der Waals surface area contributed by atoms with Gasteiger partial charge in [0.1, 0.15) is 0 Å². The minimum atomic E-state index is -0.843. The number of aryl methyl sites for hydroxylation is 1. The lowest BCUT2D eigenvalue weighted by Crippen LogP contribution is -2.42. The maximum atomic E-state index is 13.4. The van der Waals surface area contributed by atoms with Crippen LogP contribution in [0.25, 0.3) is 11.1 Å². The van der Waals surface area contributed by atoms with Gasteiger partial charge >= 0.3 is 5.97 Å². The SMILES string of the molecule is COc1cc2c(c(OC)c1OC)-c1ccc(NCC(=O)N3CCC(C(=O)O)CC3)c(=O)cc1C(NC(C)=O)CC2. The number of amides is 2. The number of methoxy groups -OCH3 is 3. The van der Waals surface area contributed by atoms with Crippen molar-refractivity contribution in [3.8, 4) is 28.4 Å². The Labute approximate surface area is 232 Å². The van der Waals surface area contributed by atoms with Crippen LogP contribution in [0.3, 0.4) is 0 Å². The molecule has 214 valence electrons. The van der Waals surface area contributed by atoms with Gasteiger partial charge in [0.15, 0.2) is 11.5 Å². The van der Waals surface area contributed by atoms with Crippen molar-refractivity contribution in [3.63, 3.8) is 0 Å². The van der Waals surface area contributed by atoms with Gasteiger partial charge in [0.25, 0.3) is 0 Å². The number of anilines is 1. The molecule has 1 heterocycles. The van der Waals surface area contributed by atoms with Gasteiger partial charge in [-0.1, -0.05) is 6.07 Å². The van der Waals surface area contributed by atoms with Gasteiger partial charge in [0.2, 0.25) is 23.0 Å². The summed E-state index contributed by atoms with van der Waals surface area (Å²) in [5.74, 6) is -0.342. The summed E-state index contributed by atoms with van der Waals surface area (Å²) < 4.78 is 17.0. The van der Waals surface area contributed by atoms with Crippen LogP contribution in [0.1, 0.15) is 43.4 Å². The highest BCUT2D eigenvalue weighted by Gasteiger charge is 2.30. The first-order valence-corrected chi connectivity index (χ1v) is 13.2. The summed E-state index contributed by atoms with van der Waals surface area (Å²) in [6.45, 7) is 2.04. The van der Waals surface area contributed by atoms with Crippen molar-refractivity contribution in [2.45, 2.75) is 38.6 Å². The molecule has 4 rings (SSSR count). The lowest BCUT2D eigenvalue weighted by molar-refractivity contribution is -0.145. The predicted molar refractivity (Wildman–Crippen MR) is 148 cm³/mol. The third-order valence-corrected chi connectivity index (χ3v) is 7.54. The molecule has 2 aromatic carbocycles. The van der Waals surface area contributed by atoms with E-state index in [1.807, 2.05) is 6.07 Å². The van der Waals surface area contributed by atoms with E-state index in [9.17, 15) is 24.3 Å². The van der Waals surface area contributed by atoms with E-state index in [-0.39, 0.29) is 29.5 Å². The number of nitrogens with zero attached hydrogens (tertiary/aromatic N) is 1. The predicted octanol–water partition coefficient (Wildman–Crippen LogP) is 2.60. The van der Waals surface area contributed by atoms with Crippen molar-refractivity contribution in [3.05, 3.63) is 45.6 Å². The van der Waals surface area contributed by atoms with E-state index in [4.69, 9.17) is 14.2 Å². The topological polar surface area (TPSA) is 144 Å². The lowest BCUT2D eigenvalue weighted by atomic mass is 9.95. The van der Waals surface area contributed by atoms with Gasteiger partial charge < -0.3 is 34.9 Å². The fourth-order valence-corrected chi connectivity index (χ4v) is 5.51. The van der Waals surface area contributed by atoms with Gasteiger partial charge in [0, 0.05) is 25.6 Å². The van der Waals surface area contributed by atoms with E-state index in [1.165, 1.54) is 27.2 Å². The average Bonchev–Trinajstić information content (AvgIpc) is 3.18. The Bertz CT molecular complexity index is 1370. The summed E-state index contributed by atoms with van der Waals surface area (Å²) in [5.41, 5.74) is 2.86. The Kier molecular flexibility index (Phi) is 8.81. The lowest BCUT2D eigenvalue weighted by Gasteiger charge is -2.30. The molecule has 1 aliphatic heterocycles. The van der Waals surface area contributed by atoms with Crippen molar-refractivity contribution in [1.82, 2.24) is 10.2 Å². The molecular formula is C29H35N3O8. The Balaban J connectivity index is 1.72. The molecule has 1 fully saturated rings. The molecule has 11 heteroatoms. The van der Waals surface area contributed by atoms with Crippen LogP contribution < -0.4 is 30.3 Å². The number of aliphatic carboxylic acids is 1. The minimum absolute atomic E-state index is 0.109. The Morgan fingerprint density at radius 3 is 2.30 bits per heavy atom. The van der Waals surface area contributed by atoms with E-state index in [1.54, 1.807) is 24.1 Å². The third kappa shape index (κ3) is 5.83. The molecule has 3 N–H and O–H groups in total. The molecule has 1 unspecified atom stereocenters. The average molecular weight is 554 g/mol.